The molecule has 24 heavy (non-hydrogen) atoms. The Morgan fingerprint density at radius 1 is 1.38 bits per heavy atom. The Morgan fingerprint density at radius 3 is 2.92 bits per heavy atom. The van der Waals surface area contributed by atoms with Crippen LogP contribution in [-0.4, -0.2) is 25.1 Å². The van der Waals surface area contributed by atoms with Gasteiger partial charge in [-0.1, -0.05) is 19.1 Å². The Balaban J connectivity index is 1.77. The zero-order valence-corrected chi connectivity index (χ0v) is 13.5. The lowest BCUT2D eigenvalue weighted by molar-refractivity contribution is -0.115. The first-order chi connectivity index (χ1) is 11.6. The minimum atomic E-state index is -0.455. The van der Waals surface area contributed by atoms with Crippen LogP contribution in [0.4, 0.5) is 21.5 Å². The van der Waals surface area contributed by atoms with E-state index in [-0.39, 0.29) is 24.2 Å². The molecule has 5 nitrogen and oxygen atoms in total. The molecule has 1 aliphatic rings. The quantitative estimate of drug-likeness (QED) is 0.846. The summed E-state index contributed by atoms with van der Waals surface area (Å²) in [4.78, 5) is 14.2. The van der Waals surface area contributed by atoms with Crippen molar-refractivity contribution in [2.75, 3.05) is 29.0 Å². The lowest BCUT2D eigenvalue weighted by Gasteiger charge is -2.35. The third kappa shape index (κ3) is 3.42. The number of rotatable bonds is 4. The number of hydrogen-bond acceptors (Lipinski definition) is 4. The van der Waals surface area contributed by atoms with E-state index in [9.17, 15) is 9.18 Å². The van der Waals surface area contributed by atoms with Crippen LogP contribution in [0.25, 0.3) is 0 Å². The predicted molar refractivity (Wildman–Crippen MR) is 92.8 cm³/mol. The molecule has 3 N–H and O–H groups in total. The first-order valence-electron chi connectivity index (χ1n) is 7.92. The van der Waals surface area contributed by atoms with E-state index < -0.39 is 5.82 Å². The van der Waals surface area contributed by atoms with E-state index in [4.69, 9.17) is 10.5 Å². The molecule has 1 heterocycles. The average Bonchev–Trinajstić information content (AvgIpc) is 2.57. The number of nitrogens with zero attached hydrogens (tertiary/aromatic N) is 1. The van der Waals surface area contributed by atoms with Gasteiger partial charge in [0.15, 0.2) is 0 Å². The average molecular weight is 329 g/mol. The fourth-order valence-electron chi connectivity index (χ4n) is 2.73. The van der Waals surface area contributed by atoms with E-state index in [0.29, 0.717) is 18.0 Å². The summed E-state index contributed by atoms with van der Waals surface area (Å²) in [6.45, 7) is 2.72. The highest BCUT2D eigenvalue weighted by atomic mass is 19.1. The number of benzene rings is 2. The second-order valence-electron chi connectivity index (χ2n) is 5.78. The summed E-state index contributed by atoms with van der Waals surface area (Å²) >= 11 is 0. The zero-order valence-electron chi connectivity index (χ0n) is 13.5. The molecule has 2 aromatic rings. The number of carbonyl (C=O) groups is 1. The molecular formula is C18H20FN3O2. The molecule has 6 heteroatoms. The van der Waals surface area contributed by atoms with Gasteiger partial charge >= 0.3 is 0 Å². The van der Waals surface area contributed by atoms with Gasteiger partial charge in [0.2, 0.25) is 5.91 Å². The summed E-state index contributed by atoms with van der Waals surface area (Å²) in [7, 11) is 0. The van der Waals surface area contributed by atoms with Crippen LogP contribution >= 0.6 is 0 Å². The van der Waals surface area contributed by atoms with Crippen LogP contribution in [0.1, 0.15) is 13.3 Å². The number of nitrogens with two attached hydrogens (primary N) is 1. The number of amides is 1. The van der Waals surface area contributed by atoms with Gasteiger partial charge < -0.3 is 20.7 Å². The zero-order chi connectivity index (χ0) is 17.1. The summed E-state index contributed by atoms with van der Waals surface area (Å²) in [5, 5.41) is 2.61. The van der Waals surface area contributed by atoms with Crippen LogP contribution in [-0.2, 0) is 4.79 Å². The maximum atomic E-state index is 13.7. The maximum absolute atomic E-state index is 13.7. The summed E-state index contributed by atoms with van der Waals surface area (Å²) in [6.07, 6.45) is 0.831. The molecule has 0 bridgehead atoms. The Kier molecular flexibility index (Phi) is 4.55. The smallest absolute Gasteiger partial charge is 0.243 e. The number of anilines is 3. The van der Waals surface area contributed by atoms with Crippen LogP contribution in [0.2, 0.25) is 0 Å². The molecule has 0 aromatic heterocycles. The highest BCUT2D eigenvalue weighted by molar-refractivity contribution is 5.94. The predicted octanol–water partition coefficient (Wildman–Crippen LogP) is 3.02. The van der Waals surface area contributed by atoms with E-state index in [0.717, 1.165) is 12.1 Å². The minimum absolute atomic E-state index is 0.00221. The SMILES string of the molecule is CCC1CN(CC(=O)Nc2ccccc2F)c2cc(N)ccc2O1. The van der Waals surface area contributed by atoms with Crippen LogP contribution in [0, 0.1) is 5.82 Å². The van der Waals surface area contributed by atoms with Crippen LogP contribution in [0.5, 0.6) is 5.75 Å². The molecule has 2 aromatic carbocycles. The summed E-state index contributed by atoms with van der Waals surface area (Å²) in [5.74, 6) is -0.0323. The Morgan fingerprint density at radius 2 is 2.17 bits per heavy atom. The van der Waals surface area contributed by atoms with Crippen molar-refractivity contribution in [1.82, 2.24) is 0 Å². The largest absolute Gasteiger partial charge is 0.486 e. The van der Waals surface area contributed by atoms with E-state index in [2.05, 4.69) is 5.32 Å². The van der Waals surface area contributed by atoms with Gasteiger partial charge in [-0.3, -0.25) is 4.79 Å². The van der Waals surface area contributed by atoms with Crippen molar-refractivity contribution < 1.29 is 13.9 Å². The lowest BCUT2D eigenvalue weighted by Crippen LogP contribution is -2.43. The van der Waals surface area contributed by atoms with E-state index in [1.807, 2.05) is 17.9 Å². The summed E-state index contributed by atoms with van der Waals surface area (Å²) in [5.41, 5.74) is 7.41. The first-order valence-corrected chi connectivity index (χ1v) is 7.92. The first kappa shape index (κ1) is 16.1. The Labute approximate surface area is 140 Å². The molecule has 0 saturated carbocycles. The van der Waals surface area contributed by atoms with Crippen molar-refractivity contribution in [2.24, 2.45) is 0 Å². The number of carbonyl (C=O) groups excluding carboxylic acids is 1. The van der Waals surface area contributed by atoms with Crippen molar-refractivity contribution >= 4 is 23.0 Å². The molecule has 1 amide bonds. The van der Waals surface area contributed by atoms with Crippen molar-refractivity contribution in [3.8, 4) is 5.75 Å². The molecular weight excluding hydrogens is 309 g/mol. The highest BCUT2D eigenvalue weighted by Gasteiger charge is 2.26. The molecule has 0 aliphatic carbocycles. The number of halogens is 1. The number of fused-ring (bicyclic) bond motifs is 1. The fourth-order valence-corrected chi connectivity index (χ4v) is 2.73. The van der Waals surface area contributed by atoms with Crippen molar-refractivity contribution in [1.29, 1.82) is 0 Å². The molecule has 0 spiro atoms. The van der Waals surface area contributed by atoms with Gasteiger partial charge in [0.05, 0.1) is 24.5 Å². The molecule has 1 atom stereocenters. The molecule has 1 aliphatic heterocycles. The van der Waals surface area contributed by atoms with E-state index >= 15 is 0 Å². The minimum Gasteiger partial charge on any atom is -0.486 e. The summed E-state index contributed by atoms with van der Waals surface area (Å²) < 4.78 is 19.6. The molecule has 0 saturated heterocycles. The van der Waals surface area contributed by atoms with Crippen molar-refractivity contribution in [3.05, 3.63) is 48.3 Å². The van der Waals surface area contributed by atoms with E-state index in [1.54, 1.807) is 24.3 Å². The van der Waals surface area contributed by atoms with E-state index in [1.165, 1.54) is 12.1 Å². The van der Waals surface area contributed by atoms with Gasteiger partial charge in [-0.25, -0.2) is 4.39 Å². The normalized spacial score (nSPS) is 16.2. The second-order valence-corrected chi connectivity index (χ2v) is 5.78. The third-order valence-electron chi connectivity index (χ3n) is 3.98. The van der Waals surface area contributed by atoms with Gasteiger partial charge in [0.25, 0.3) is 0 Å². The van der Waals surface area contributed by atoms with Crippen LogP contribution in [0.15, 0.2) is 42.5 Å². The lowest BCUT2D eigenvalue weighted by atomic mass is 10.1. The molecule has 126 valence electrons. The highest BCUT2D eigenvalue weighted by Crippen LogP contribution is 2.35. The topological polar surface area (TPSA) is 67.6 Å². The number of nitrogen functional groups attached to an aromatic ring is 1. The molecule has 0 fully saturated rings. The number of ether oxygens (including phenoxy) is 1. The molecule has 0 radical (unpaired) electrons. The molecule has 1 unspecified atom stereocenters. The number of para-hydroxylation sites is 1. The molecule has 3 rings (SSSR count). The standard InChI is InChI=1S/C18H20FN3O2/c1-2-13-10-22(16-9-12(20)7-8-17(16)24-13)11-18(23)21-15-6-4-3-5-14(15)19/h3-9,13H,2,10-11,20H2,1H3,(H,21,23). The monoisotopic (exact) mass is 329 g/mol. The van der Waals surface area contributed by atoms with Gasteiger partial charge in [-0.05, 0) is 36.8 Å². The van der Waals surface area contributed by atoms with Gasteiger partial charge in [0.1, 0.15) is 17.7 Å². The maximum Gasteiger partial charge on any atom is 0.243 e. The summed E-state index contributed by atoms with van der Waals surface area (Å²) in [6, 6.07) is 11.5. The fraction of sp³-hybridized carbons (Fsp3) is 0.278. The van der Waals surface area contributed by atoms with Crippen LogP contribution < -0.4 is 20.7 Å². The number of nitrogens with one attached hydrogen (secondary N) is 1. The van der Waals surface area contributed by atoms with Crippen molar-refractivity contribution in [3.63, 3.8) is 0 Å². The number of hydrogen-bond donors (Lipinski definition) is 2. The Bertz CT molecular complexity index is 751. The van der Waals surface area contributed by atoms with Gasteiger partial charge in [-0.2, -0.15) is 0 Å². The van der Waals surface area contributed by atoms with Gasteiger partial charge in [0, 0.05) is 5.69 Å². The van der Waals surface area contributed by atoms with Crippen LogP contribution in [0.3, 0.4) is 0 Å². The Hall–Kier alpha value is -2.76. The van der Waals surface area contributed by atoms with Gasteiger partial charge in [-0.15, -0.1) is 0 Å². The third-order valence-corrected chi connectivity index (χ3v) is 3.98. The van der Waals surface area contributed by atoms with Crippen molar-refractivity contribution in [2.45, 2.75) is 19.4 Å². The second kappa shape index (κ2) is 6.78.